The van der Waals surface area contributed by atoms with Crippen LogP contribution in [-0.2, 0) is 19.1 Å². The van der Waals surface area contributed by atoms with E-state index in [9.17, 15) is 14.4 Å². The molecule has 0 heterocycles. The normalized spacial score (nSPS) is 15.3. The molecular formula is C25H28N2O6. The summed E-state index contributed by atoms with van der Waals surface area (Å²) in [6, 6.07) is 15.9. The van der Waals surface area contributed by atoms with Crippen LogP contribution in [0.4, 0.5) is 4.79 Å². The predicted octanol–water partition coefficient (Wildman–Crippen LogP) is 2.91. The molecule has 0 spiro atoms. The van der Waals surface area contributed by atoms with Crippen molar-refractivity contribution in [2.75, 3.05) is 26.4 Å². The average molecular weight is 453 g/mol. The molecule has 0 aromatic heterocycles. The van der Waals surface area contributed by atoms with Crippen molar-refractivity contribution in [1.29, 1.82) is 0 Å². The third kappa shape index (κ3) is 5.90. The third-order valence-corrected chi connectivity index (χ3v) is 6.02. The molecule has 8 heteroatoms. The van der Waals surface area contributed by atoms with Crippen molar-refractivity contribution in [2.45, 2.75) is 31.2 Å². The lowest BCUT2D eigenvalue weighted by molar-refractivity contribution is -0.138. The maximum Gasteiger partial charge on any atom is 0.407 e. The van der Waals surface area contributed by atoms with Crippen LogP contribution in [0.25, 0.3) is 11.1 Å². The number of hydrogen-bond donors (Lipinski definition) is 3. The second-order valence-corrected chi connectivity index (χ2v) is 8.41. The van der Waals surface area contributed by atoms with Crippen molar-refractivity contribution >= 4 is 18.0 Å². The summed E-state index contributed by atoms with van der Waals surface area (Å²) < 4.78 is 10.7. The minimum atomic E-state index is -0.930. The van der Waals surface area contributed by atoms with Crippen molar-refractivity contribution in [3.8, 4) is 11.1 Å². The van der Waals surface area contributed by atoms with E-state index in [1.165, 1.54) is 11.1 Å². The highest BCUT2D eigenvalue weighted by Crippen LogP contribution is 2.44. The van der Waals surface area contributed by atoms with Gasteiger partial charge < -0.3 is 25.2 Å². The van der Waals surface area contributed by atoms with Gasteiger partial charge in [-0.05, 0) is 41.0 Å². The fraction of sp³-hybridized carbons (Fsp3) is 0.400. The number of rotatable bonds is 11. The highest BCUT2D eigenvalue weighted by atomic mass is 16.5. The molecule has 2 aliphatic rings. The first-order valence-corrected chi connectivity index (χ1v) is 11.2. The van der Waals surface area contributed by atoms with Crippen molar-refractivity contribution in [3.05, 3.63) is 59.7 Å². The number of aliphatic carboxylic acids is 1. The predicted molar refractivity (Wildman–Crippen MR) is 121 cm³/mol. The molecule has 1 unspecified atom stereocenters. The summed E-state index contributed by atoms with van der Waals surface area (Å²) in [6.45, 7) is 0.389. The number of benzene rings is 2. The molecule has 1 atom stereocenters. The number of ether oxygens (including phenoxy) is 2. The van der Waals surface area contributed by atoms with Gasteiger partial charge in [0.2, 0.25) is 5.91 Å². The summed E-state index contributed by atoms with van der Waals surface area (Å²) >= 11 is 0. The molecule has 1 fully saturated rings. The molecule has 2 aliphatic carbocycles. The van der Waals surface area contributed by atoms with Gasteiger partial charge in [0, 0.05) is 18.5 Å². The van der Waals surface area contributed by atoms with Crippen LogP contribution < -0.4 is 10.6 Å². The van der Waals surface area contributed by atoms with Gasteiger partial charge in [-0.3, -0.25) is 9.59 Å². The summed E-state index contributed by atoms with van der Waals surface area (Å²) in [5.41, 5.74) is 4.63. The summed E-state index contributed by atoms with van der Waals surface area (Å²) in [4.78, 5) is 35.0. The first-order valence-electron chi connectivity index (χ1n) is 11.2. The van der Waals surface area contributed by atoms with Crippen molar-refractivity contribution < 1.29 is 29.0 Å². The number of amides is 2. The second kappa shape index (κ2) is 10.5. The molecule has 0 aliphatic heterocycles. The summed E-state index contributed by atoms with van der Waals surface area (Å²) in [5, 5.41) is 14.3. The quantitative estimate of drug-likeness (QED) is 0.452. The lowest BCUT2D eigenvalue weighted by Crippen LogP contribution is -2.40. The molecule has 2 amide bonds. The standard InChI is InChI=1S/C25H28N2O6/c28-23(27-22(13-24(29)30)16-9-10-16)15-32-12-11-26-25(31)33-14-21-19-7-3-1-5-17(19)18-6-2-4-8-20(18)21/h1-8,16,21-22H,9-15H2,(H,26,31)(H,27,28)(H,29,30). The Labute approximate surface area is 192 Å². The van der Waals surface area contributed by atoms with E-state index in [-0.39, 0.29) is 56.6 Å². The summed E-state index contributed by atoms with van der Waals surface area (Å²) in [6.07, 6.45) is 1.24. The average Bonchev–Trinajstić information content (AvgIpc) is 3.60. The lowest BCUT2D eigenvalue weighted by atomic mass is 9.98. The Morgan fingerprint density at radius 2 is 1.64 bits per heavy atom. The van der Waals surface area contributed by atoms with Gasteiger partial charge in [-0.25, -0.2) is 4.79 Å². The van der Waals surface area contributed by atoms with Gasteiger partial charge in [-0.1, -0.05) is 48.5 Å². The highest BCUT2D eigenvalue weighted by Gasteiger charge is 2.33. The highest BCUT2D eigenvalue weighted by molar-refractivity contribution is 5.79. The maximum absolute atomic E-state index is 12.1. The smallest absolute Gasteiger partial charge is 0.407 e. The van der Waals surface area contributed by atoms with Crippen LogP contribution in [0.2, 0.25) is 0 Å². The number of carboxylic acids is 1. The first-order chi connectivity index (χ1) is 16.0. The molecule has 0 saturated heterocycles. The fourth-order valence-corrected chi connectivity index (χ4v) is 4.31. The maximum atomic E-state index is 12.1. The lowest BCUT2D eigenvalue weighted by Gasteiger charge is -2.16. The molecule has 0 bridgehead atoms. The van der Waals surface area contributed by atoms with Crippen molar-refractivity contribution in [3.63, 3.8) is 0 Å². The largest absolute Gasteiger partial charge is 0.481 e. The van der Waals surface area contributed by atoms with E-state index >= 15 is 0 Å². The number of fused-ring (bicyclic) bond motifs is 3. The van der Waals surface area contributed by atoms with Crippen LogP contribution in [0, 0.1) is 5.92 Å². The molecule has 174 valence electrons. The van der Waals surface area contributed by atoms with Crippen molar-refractivity contribution in [2.24, 2.45) is 5.92 Å². The first kappa shape index (κ1) is 22.8. The molecule has 33 heavy (non-hydrogen) atoms. The van der Waals surface area contributed by atoms with Gasteiger partial charge in [-0.15, -0.1) is 0 Å². The fourth-order valence-electron chi connectivity index (χ4n) is 4.31. The topological polar surface area (TPSA) is 114 Å². The van der Waals surface area contributed by atoms with Crippen LogP contribution in [-0.4, -0.2) is 55.5 Å². The second-order valence-electron chi connectivity index (χ2n) is 8.41. The minimum Gasteiger partial charge on any atom is -0.481 e. The van der Waals surface area contributed by atoms with E-state index in [0.29, 0.717) is 0 Å². The molecular weight excluding hydrogens is 424 g/mol. The zero-order valence-electron chi connectivity index (χ0n) is 18.3. The molecule has 2 aromatic carbocycles. The zero-order chi connectivity index (χ0) is 23.2. The summed E-state index contributed by atoms with van der Waals surface area (Å²) in [7, 11) is 0. The molecule has 2 aromatic rings. The van der Waals surface area contributed by atoms with Gasteiger partial charge in [-0.2, -0.15) is 0 Å². The van der Waals surface area contributed by atoms with Gasteiger partial charge in [0.25, 0.3) is 0 Å². The molecule has 3 N–H and O–H groups in total. The Kier molecular flexibility index (Phi) is 7.24. The number of carbonyl (C=O) groups is 3. The number of carboxylic acid groups (broad SMARTS) is 1. The molecule has 1 saturated carbocycles. The van der Waals surface area contributed by atoms with E-state index in [1.54, 1.807) is 0 Å². The molecule has 8 nitrogen and oxygen atoms in total. The Bertz CT molecular complexity index is 974. The van der Waals surface area contributed by atoms with Gasteiger partial charge in [0.15, 0.2) is 0 Å². The van der Waals surface area contributed by atoms with Crippen LogP contribution in [0.5, 0.6) is 0 Å². The number of alkyl carbamates (subject to hydrolysis) is 1. The zero-order valence-corrected chi connectivity index (χ0v) is 18.3. The Hall–Kier alpha value is -3.39. The van der Waals surface area contributed by atoms with Crippen LogP contribution in [0.3, 0.4) is 0 Å². The number of carbonyl (C=O) groups excluding carboxylic acids is 2. The Balaban J connectivity index is 1.15. The SMILES string of the molecule is O=C(O)CC(NC(=O)COCCNC(=O)OCC1c2ccccc2-c2ccccc21)C1CC1. The Morgan fingerprint density at radius 1 is 1.00 bits per heavy atom. The number of nitrogens with one attached hydrogen (secondary N) is 2. The van der Waals surface area contributed by atoms with E-state index < -0.39 is 12.1 Å². The van der Waals surface area contributed by atoms with E-state index in [2.05, 4.69) is 34.9 Å². The van der Waals surface area contributed by atoms with Gasteiger partial charge in [0.05, 0.1) is 13.0 Å². The van der Waals surface area contributed by atoms with Crippen LogP contribution in [0.15, 0.2) is 48.5 Å². The van der Waals surface area contributed by atoms with Crippen LogP contribution in [0.1, 0.15) is 36.3 Å². The third-order valence-electron chi connectivity index (χ3n) is 6.02. The van der Waals surface area contributed by atoms with E-state index in [0.717, 1.165) is 24.0 Å². The minimum absolute atomic E-state index is 0.00619. The Morgan fingerprint density at radius 3 is 2.24 bits per heavy atom. The van der Waals surface area contributed by atoms with Gasteiger partial charge >= 0.3 is 12.1 Å². The number of hydrogen-bond acceptors (Lipinski definition) is 5. The van der Waals surface area contributed by atoms with Gasteiger partial charge in [0.1, 0.15) is 13.2 Å². The van der Waals surface area contributed by atoms with Crippen molar-refractivity contribution in [1.82, 2.24) is 10.6 Å². The van der Waals surface area contributed by atoms with E-state index in [4.69, 9.17) is 14.6 Å². The molecule has 4 rings (SSSR count). The van der Waals surface area contributed by atoms with Crippen LogP contribution >= 0.6 is 0 Å². The monoisotopic (exact) mass is 452 g/mol. The molecule has 0 radical (unpaired) electrons. The summed E-state index contributed by atoms with van der Waals surface area (Å²) in [5.74, 6) is -1.05. The van der Waals surface area contributed by atoms with E-state index in [1.807, 2.05) is 24.3 Å².